The molecule has 0 radical (unpaired) electrons. The number of halogens is 2. The average Bonchev–Trinajstić information content (AvgIpc) is 2.76. The lowest BCUT2D eigenvalue weighted by atomic mass is 10.3. The van der Waals surface area contributed by atoms with Crippen LogP contribution in [0, 0.1) is 0 Å². The minimum atomic E-state index is -0.336. The number of carbonyl (C=O) groups excluding carboxylic acids is 1. The first kappa shape index (κ1) is 13.2. The summed E-state index contributed by atoms with van der Waals surface area (Å²) in [4.78, 5) is 11.9. The second kappa shape index (κ2) is 5.58. The highest BCUT2D eigenvalue weighted by Gasteiger charge is 2.13. The van der Waals surface area contributed by atoms with E-state index in [4.69, 9.17) is 9.15 Å². The van der Waals surface area contributed by atoms with Crippen molar-refractivity contribution in [2.75, 3.05) is 12.4 Å². The molecule has 1 N–H and O–H groups in total. The molecule has 2 aromatic rings. The molecule has 0 aliphatic heterocycles. The van der Waals surface area contributed by atoms with Crippen molar-refractivity contribution < 1.29 is 13.9 Å². The number of nitrogens with one attached hydrogen (secondary N) is 1. The van der Waals surface area contributed by atoms with Crippen LogP contribution in [0.25, 0.3) is 0 Å². The maximum absolute atomic E-state index is 11.9. The average molecular weight is 375 g/mol. The normalized spacial score (nSPS) is 10.2. The zero-order valence-corrected chi connectivity index (χ0v) is 12.5. The Kier molecular flexibility index (Phi) is 4.08. The Labute approximate surface area is 121 Å². The third-order valence-electron chi connectivity index (χ3n) is 2.21. The van der Waals surface area contributed by atoms with Crippen molar-refractivity contribution in [3.8, 4) is 5.75 Å². The summed E-state index contributed by atoms with van der Waals surface area (Å²) in [5.41, 5.74) is 0.574. The Morgan fingerprint density at radius 3 is 2.67 bits per heavy atom. The molecule has 0 aliphatic rings. The SMILES string of the molecule is COc1ccc(Br)cc1NC(=O)c1ccc(Br)o1. The van der Waals surface area contributed by atoms with Gasteiger partial charge < -0.3 is 14.5 Å². The molecule has 6 heteroatoms. The zero-order valence-electron chi connectivity index (χ0n) is 9.37. The number of rotatable bonds is 3. The van der Waals surface area contributed by atoms with Crippen LogP contribution < -0.4 is 10.1 Å². The molecule has 1 aromatic heterocycles. The van der Waals surface area contributed by atoms with Gasteiger partial charge in [0.25, 0.3) is 5.91 Å². The number of hydrogen-bond acceptors (Lipinski definition) is 3. The second-order valence-electron chi connectivity index (χ2n) is 3.40. The van der Waals surface area contributed by atoms with E-state index in [9.17, 15) is 4.79 Å². The highest BCUT2D eigenvalue weighted by molar-refractivity contribution is 9.10. The van der Waals surface area contributed by atoms with Crippen LogP contribution in [0.3, 0.4) is 0 Å². The Morgan fingerprint density at radius 1 is 1.28 bits per heavy atom. The smallest absolute Gasteiger partial charge is 0.291 e. The highest BCUT2D eigenvalue weighted by Crippen LogP contribution is 2.28. The number of amides is 1. The number of benzene rings is 1. The lowest BCUT2D eigenvalue weighted by molar-refractivity contribution is 0.0995. The molecule has 18 heavy (non-hydrogen) atoms. The van der Waals surface area contributed by atoms with E-state index < -0.39 is 0 Å². The first-order valence-corrected chi connectivity index (χ1v) is 6.59. The first-order chi connectivity index (χ1) is 8.60. The molecule has 0 atom stereocenters. The van der Waals surface area contributed by atoms with Gasteiger partial charge in [-0.15, -0.1) is 0 Å². The summed E-state index contributed by atoms with van der Waals surface area (Å²) < 4.78 is 11.7. The van der Waals surface area contributed by atoms with E-state index in [0.29, 0.717) is 16.1 Å². The lowest BCUT2D eigenvalue weighted by Gasteiger charge is -2.09. The molecule has 0 fully saturated rings. The molecule has 2 rings (SSSR count). The summed E-state index contributed by atoms with van der Waals surface area (Å²) >= 11 is 6.48. The fourth-order valence-corrected chi connectivity index (χ4v) is 2.07. The van der Waals surface area contributed by atoms with Crippen molar-refractivity contribution in [3.05, 3.63) is 45.2 Å². The van der Waals surface area contributed by atoms with Gasteiger partial charge in [-0.3, -0.25) is 4.79 Å². The van der Waals surface area contributed by atoms with Gasteiger partial charge >= 0.3 is 0 Å². The van der Waals surface area contributed by atoms with Crippen molar-refractivity contribution in [3.63, 3.8) is 0 Å². The van der Waals surface area contributed by atoms with Crippen LogP contribution in [0.15, 0.2) is 43.9 Å². The summed E-state index contributed by atoms with van der Waals surface area (Å²) in [5, 5.41) is 2.72. The van der Waals surface area contributed by atoms with Gasteiger partial charge in [-0.05, 0) is 46.3 Å². The number of hydrogen-bond donors (Lipinski definition) is 1. The monoisotopic (exact) mass is 373 g/mol. The topological polar surface area (TPSA) is 51.5 Å². The Bertz CT molecular complexity index is 580. The Hall–Kier alpha value is -1.27. The van der Waals surface area contributed by atoms with Crippen molar-refractivity contribution in [1.82, 2.24) is 0 Å². The fraction of sp³-hybridized carbons (Fsp3) is 0.0833. The van der Waals surface area contributed by atoms with Crippen LogP contribution in [-0.2, 0) is 0 Å². The van der Waals surface area contributed by atoms with E-state index in [1.807, 2.05) is 6.07 Å². The van der Waals surface area contributed by atoms with Gasteiger partial charge in [0.05, 0.1) is 12.8 Å². The van der Waals surface area contributed by atoms with Crippen molar-refractivity contribution >= 4 is 43.5 Å². The van der Waals surface area contributed by atoms with Crippen LogP contribution in [-0.4, -0.2) is 13.0 Å². The van der Waals surface area contributed by atoms with Gasteiger partial charge in [-0.1, -0.05) is 15.9 Å². The van der Waals surface area contributed by atoms with E-state index in [1.165, 1.54) is 0 Å². The Morgan fingerprint density at radius 2 is 2.06 bits per heavy atom. The minimum Gasteiger partial charge on any atom is -0.495 e. The van der Waals surface area contributed by atoms with Gasteiger partial charge in [-0.2, -0.15) is 0 Å². The largest absolute Gasteiger partial charge is 0.495 e. The second-order valence-corrected chi connectivity index (χ2v) is 5.10. The number of anilines is 1. The summed E-state index contributed by atoms with van der Waals surface area (Å²) in [6, 6.07) is 8.60. The minimum absolute atomic E-state index is 0.226. The van der Waals surface area contributed by atoms with E-state index in [-0.39, 0.29) is 11.7 Å². The van der Waals surface area contributed by atoms with Crippen LogP contribution >= 0.6 is 31.9 Å². The molecule has 0 spiro atoms. The lowest BCUT2D eigenvalue weighted by Crippen LogP contribution is -2.11. The van der Waals surface area contributed by atoms with Crippen LogP contribution in [0.5, 0.6) is 5.75 Å². The van der Waals surface area contributed by atoms with Crippen LogP contribution in [0.1, 0.15) is 10.6 Å². The van der Waals surface area contributed by atoms with E-state index in [1.54, 1.807) is 31.4 Å². The first-order valence-electron chi connectivity index (χ1n) is 5.00. The summed E-state index contributed by atoms with van der Waals surface area (Å²) in [7, 11) is 1.54. The highest BCUT2D eigenvalue weighted by atomic mass is 79.9. The molecule has 0 bridgehead atoms. The molecule has 1 heterocycles. The predicted octanol–water partition coefficient (Wildman–Crippen LogP) is 4.07. The van der Waals surface area contributed by atoms with Gasteiger partial charge in [0.1, 0.15) is 5.75 Å². The molecule has 0 saturated heterocycles. The van der Waals surface area contributed by atoms with E-state index in [2.05, 4.69) is 37.2 Å². The number of methoxy groups -OCH3 is 1. The quantitative estimate of drug-likeness (QED) is 0.881. The molecular formula is C12H9Br2NO3. The molecule has 0 unspecified atom stereocenters. The Balaban J connectivity index is 2.23. The molecule has 0 saturated carbocycles. The number of furan rings is 1. The molecule has 4 nitrogen and oxygen atoms in total. The molecular weight excluding hydrogens is 366 g/mol. The molecule has 0 aliphatic carbocycles. The standard InChI is InChI=1S/C12H9Br2NO3/c1-17-9-3-2-7(13)6-8(9)15-12(16)10-4-5-11(14)18-10/h2-6H,1H3,(H,15,16). The van der Waals surface area contributed by atoms with Crippen LogP contribution in [0.2, 0.25) is 0 Å². The summed E-state index contributed by atoms with van der Waals surface area (Å²) in [6.07, 6.45) is 0. The van der Waals surface area contributed by atoms with Gasteiger partial charge in [0.2, 0.25) is 0 Å². The maximum Gasteiger partial charge on any atom is 0.291 e. The van der Waals surface area contributed by atoms with E-state index >= 15 is 0 Å². The fourth-order valence-electron chi connectivity index (χ4n) is 1.40. The molecule has 94 valence electrons. The van der Waals surface area contributed by atoms with Gasteiger partial charge in [0.15, 0.2) is 10.4 Å². The van der Waals surface area contributed by atoms with Crippen molar-refractivity contribution in [2.45, 2.75) is 0 Å². The molecule has 1 amide bonds. The van der Waals surface area contributed by atoms with Gasteiger partial charge in [-0.25, -0.2) is 0 Å². The number of carbonyl (C=O) groups is 1. The maximum atomic E-state index is 11.9. The van der Waals surface area contributed by atoms with E-state index in [0.717, 1.165) is 4.47 Å². The number of ether oxygens (including phenoxy) is 1. The molecule has 1 aromatic carbocycles. The van der Waals surface area contributed by atoms with Gasteiger partial charge in [0, 0.05) is 4.47 Å². The van der Waals surface area contributed by atoms with Crippen LogP contribution in [0.4, 0.5) is 5.69 Å². The summed E-state index contributed by atoms with van der Waals surface area (Å²) in [5.74, 6) is 0.471. The zero-order chi connectivity index (χ0) is 13.1. The predicted molar refractivity (Wildman–Crippen MR) is 75.1 cm³/mol. The van der Waals surface area contributed by atoms with Crippen molar-refractivity contribution in [1.29, 1.82) is 0 Å². The third kappa shape index (κ3) is 2.94. The summed E-state index contributed by atoms with van der Waals surface area (Å²) in [6.45, 7) is 0. The third-order valence-corrected chi connectivity index (χ3v) is 3.13. The van der Waals surface area contributed by atoms with Crippen molar-refractivity contribution in [2.24, 2.45) is 0 Å².